The van der Waals surface area contributed by atoms with Gasteiger partial charge in [0.15, 0.2) is 5.69 Å². The molecule has 0 saturated heterocycles. The van der Waals surface area contributed by atoms with Crippen molar-refractivity contribution < 1.29 is 9.90 Å². The van der Waals surface area contributed by atoms with Crippen LogP contribution < -0.4 is 0 Å². The fourth-order valence-electron chi connectivity index (χ4n) is 2.17. The lowest BCUT2D eigenvalue weighted by molar-refractivity contribution is 0.0688. The zero-order valence-corrected chi connectivity index (χ0v) is 12.9. The molecule has 2 heterocycles. The van der Waals surface area contributed by atoms with E-state index in [-0.39, 0.29) is 11.6 Å². The molecule has 0 aliphatic carbocycles. The number of carboxylic acid groups (broad SMARTS) is 1. The average molecular weight is 294 g/mol. The van der Waals surface area contributed by atoms with E-state index in [0.29, 0.717) is 10.8 Å². The molecule has 0 saturated carbocycles. The Kier molecular flexibility index (Phi) is 4.17. The maximum atomic E-state index is 11.3. The topological polar surface area (TPSA) is 80.9 Å². The van der Waals surface area contributed by atoms with Crippen LogP contribution in [0.5, 0.6) is 0 Å². The molecule has 0 bridgehead atoms. The molecular weight excluding hydrogens is 276 g/mol. The average Bonchev–Trinajstić information content (AvgIpc) is 2.96. The SMILES string of the molecule is CCC(CC)c1c(C(=O)O)nnn1-c1nc(C)c(C)s1. The number of hydrogen-bond donors (Lipinski definition) is 1. The molecule has 108 valence electrons. The molecule has 2 aromatic heterocycles. The normalized spacial score (nSPS) is 11.2. The lowest BCUT2D eigenvalue weighted by atomic mass is 9.97. The molecule has 0 fully saturated rings. The molecule has 0 spiro atoms. The van der Waals surface area contributed by atoms with Crippen LogP contribution >= 0.6 is 11.3 Å². The number of rotatable bonds is 5. The van der Waals surface area contributed by atoms with Gasteiger partial charge in [0, 0.05) is 10.8 Å². The highest BCUT2D eigenvalue weighted by Crippen LogP contribution is 2.29. The first-order chi connectivity index (χ1) is 9.49. The van der Waals surface area contributed by atoms with Crippen LogP contribution in [0.2, 0.25) is 0 Å². The Morgan fingerprint density at radius 3 is 2.45 bits per heavy atom. The van der Waals surface area contributed by atoms with E-state index >= 15 is 0 Å². The van der Waals surface area contributed by atoms with Crippen LogP contribution in [-0.4, -0.2) is 31.1 Å². The minimum Gasteiger partial charge on any atom is -0.476 e. The number of aryl methyl sites for hydroxylation is 2. The van der Waals surface area contributed by atoms with Crippen LogP contribution in [0.15, 0.2) is 0 Å². The van der Waals surface area contributed by atoms with Gasteiger partial charge in [-0.05, 0) is 26.7 Å². The van der Waals surface area contributed by atoms with E-state index in [1.807, 2.05) is 27.7 Å². The summed E-state index contributed by atoms with van der Waals surface area (Å²) < 4.78 is 1.59. The molecule has 2 rings (SSSR count). The van der Waals surface area contributed by atoms with E-state index in [1.54, 1.807) is 4.68 Å². The largest absolute Gasteiger partial charge is 0.476 e. The van der Waals surface area contributed by atoms with Gasteiger partial charge in [-0.15, -0.1) is 5.10 Å². The van der Waals surface area contributed by atoms with Gasteiger partial charge in [0.25, 0.3) is 0 Å². The van der Waals surface area contributed by atoms with Crippen LogP contribution in [0, 0.1) is 13.8 Å². The number of carbonyl (C=O) groups is 1. The lowest BCUT2D eigenvalue weighted by Gasteiger charge is -2.13. The molecular formula is C13H18N4O2S. The van der Waals surface area contributed by atoms with Gasteiger partial charge in [-0.2, -0.15) is 4.68 Å². The van der Waals surface area contributed by atoms with Crippen molar-refractivity contribution in [2.45, 2.75) is 46.5 Å². The molecule has 0 aliphatic rings. The Labute approximate surface area is 121 Å². The second kappa shape index (κ2) is 5.70. The van der Waals surface area contributed by atoms with Gasteiger partial charge in [-0.1, -0.05) is 30.4 Å². The predicted octanol–water partition coefficient (Wildman–Crippen LogP) is 2.94. The summed E-state index contributed by atoms with van der Waals surface area (Å²) in [4.78, 5) is 16.9. The Morgan fingerprint density at radius 1 is 1.35 bits per heavy atom. The van der Waals surface area contributed by atoms with Crippen molar-refractivity contribution in [1.82, 2.24) is 20.0 Å². The van der Waals surface area contributed by atoms with E-state index in [1.165, 1.54) is 11.3 Å². The van der Waals surface area contributed by atoms with Crippen molar-refractivity contribution >= 4 is 17.3 Å². The highest BCUT2D eigenvalue weighted by molar-refractivity contribution is 7.14. The molecule has 0 aliphatic heterocycles. The van der Waals surface area contributed by atoms with Gasteiger partial charge in [-0.25, -0.2) is 9.78 Å². The molecule has 6 nitrogen and oxygen atoms in total. The highest BCUT2D eigenvalue weighted by Gasteiger charge is 2.26. The van der Waals surface area contributed by atoms with Crippen molar-refractivity contribution in [2.75, 3.05) is 0 Å². The van der Waals surface area contributed by atoms with E-state index in [9.17, 15) is 9.90 Å². The second-order valence-electron chi connectivity index (χ2n) is 4.69. The van der Waals surface area contributed by atoms with Gasteiger partial charge >= 0.3 is 5.97 Å². The molecule has 0 unspecified atom stereocenters. The third-order valence-corrected chi connectivity index (χ3v) is 4.53. The lowest BCUT2D eigenvalue weighted by Crippen LogP contribution is -2.11. The third-order valence-electron chi connectivity index (χ3n) is 3.48. The number of aromatic carboxylic acids is 1. The first kappa shape index (κ1) is 14.6. The summed E-state index contributed by atoms with van der Waals surface area (Å²) in [5, 5.41) is 17.8. The van der Waals surface area contributed by atoms with E-state index in [0.717, 1.165) is 23.4 Å². The number of nitrogens with zero attached hydrogens (tertiary/aromatic N) is 4. The molecule has 0 radical (unpaired) electrons. The molecule has 0 amide bonds. The standard InChI is InChI=1S/C13H18N4O2S/c1-5-9(6-2)11-10(12(18)19)15-16-17(11)13-14-7(3)8(4)20-13/h9H,5-6H2,1-4H3,(H,18,19). The van der Waals surface area contributed by atoms with Gasteiger partial charge in [-0.3, -0.25) is 0 Å². The summed E-state index contributed by atoms with van der Waals surface area (Å²) in [5.41, 5.74) is 1.62. The van der Waals surface area contributed by atoms with Crippen LogP contribution in [0.25, 0.3) is 5.13 Å². The molecule has 0 atom stereocenters. The van der Waals surface area contributed by atoms with Crippen molar-refractivity contribution in [1.29, 1.82) is 0 Å². The first-order valence-corrected chi connectivity index (χ1v) is 7.44. The minimum atomic E-state index is -1.04. The quantitative estimate of drug-likeness (QED) is 0.917. The van der Waals surface area contributed by atoms with Crippen molar-refractivity contribution in [3.05, 3.63) is 22.0 Å². The summed E-state index contributed by atoms with van der Waals surface area (Å²) in [6, 6.07) is 0. The number of carboxylic acids is 1. The van der Waals surface area contributed by atoms with Crippen molar-refractivity contribution in [3.8, 4) is 5.13 Å². The maximum absolute atomic E-state index is 11.3. The molecule has 7 heteroatoms. The van der Waals surface area contributed by atoms with Gasteiger partial charge in [0.2, 0.25) is 5.13 Å². The molecule has 1 N–H and O–H groups in total. The predicted molar refractivity (Wildman–Crippen MR) is 76.8 cm³/mol. The van der Waals surface area contributed by atoms with Crippen LogP contribution in [-0.2, 0) is 0 Å². The Hall–Kier alpha value is -1.76. The Bertz CT molecular complexity index is 609. The van der Waals surface area contributed by atoms with Crippen LogP contribution in [0.3, 0.4) is 0 Å². The van der Waals surface area contributed by atoms with E-state index in [2.05, 4.69) is 15.3 Å². The minimum absolute atomic E-state index is 0.0317. The smallest absolute Gasteiger partial charge is 0.358 e. The molecule has 20 heavy (non-hydrogen) atoms. The molecule has 0 aromatic carbocycles. The van der Waals surface area contributed by atoms with Crippen LogP contribution in [0.1, 0.15) is 59.4 Å². The first-order valence-electron chi connectivity index (χ1n) is 6.62. The van der Waals surface area contributed by atoms with E-state index < -0.39 is 5.97 Å². The van der Waals surface area contributed by atoms with Gasteiger partial charge in [0.05, 0.1) is 11.4 Å². The number of hydrogen-bond acceptors (Lipinski definition) is 5. The number of aromatic nitrogens is 4. The third kappa shape index (κ3) is 2.45. The summed E-state index contributed by atoms with van der Waals surface area (Å²) in [5.74, 6) is -0.927. The summed E-state index contributed by atoms with van der Waals surface area (Å²) in [6.07, 6.45) is 1.68. The highest BCUT2D eigenvalue weighted by atomic mass is 32.1. The van der Waals surface area contributed by atoms with Gasteiger partial charge in [0.1, 0.15) is 0 Å². The summed E-state index contributed by atoms with van der Waals surface area (Å²) in [7, 11) is 0. The fraction of sp³-hybridized carbons (Fsp3) is 0.538. The maximum Gasteiger partial charge on any atom is 0.358 e. The van der Waals surface area contributed by atoms with Gasteiger partial charge < -0.3 is 5.11 Å². The van der Waals surface area contributed by atoms with Crippen LogP contribution in [0.4, 0.5) is 0 Å². The zero-order chi connectivity index (χ0) is 14.9. The number of thiazole rings is 1. The zero-order valence-electron chi connectivity index (χ0n) is 12.0. The van der Waals surface area contributed by atoms with E-state index in [4.69, 9.17) is 0 Å². The Balaban J connectivity index is 2.61. The van der Waals surface area contributed by atoms with Crippen molar-refractivity contribution in [2.24, 2.45) is 0 Å². The summed E-state index contributed by atoms with van der Waals surface area (Å²) in [6.45, 7) is 7.99. The van der Waals surface area contributed by atoms with Crippen molar-refractivity contribution in [3.63, 3.8) is 0 Å². The molecule has 2 aromatic rings. The summed E-state index contributed by atoms with van der Waals surface area (Å²) >= 11 is 1.50. The fourth-order valence-corrected chi connectivity index (χ4v) is 3.04. The second-order valence-corrected chi connectivity index (χ2v) is 5.87. The Morgan fingerprint density at radius 2 is 2.00 bits per heavy atom. The monoisotopic (exact) mass is 294 g/mol.